The van der Waals surface area contributed by atoms with Crippen LogP contribution in [0.2, 0.25) is 0 Å². The van der Waals surface area contributed by atoms with Gasteiger partial charge in [-0.05, 0) is 31.6 Å². The van der Waals surface area contributed by atoms with Gasteiger partial charge in [0.25, 0.3) is 15.9 Å². The van der Waals surface area contributed by atoms with E-state index in [0.717, 1.165) is 25.7 Å². The summed E-state index contributed by atoms with van der Waals surface area (Å²) in [6.07, 6.45) is 5.26. The molecule has 4 rings (SSSR count). The molecule has 3 heterocycles. The third-order valence-electron chi connectivity index (χ3n) is 4.53. The van der Waals surface area contributed by atoms with Gasteiger partial charge >= 0.3 is 0 Å². The molecule has 0 aromatic carbocycles. The highest BCUT2D eigenvalue weighted by molar-refractivity contribution is 7.89. The van der Waals surface area contributed by atoms with Crippen LogP contribution in [0, 0.1) is 5.92 Å². The topological polar surface area (TPSA) is 89.4 Å². The molecule has 8 heteroatoms. The maximum absolute atomic E-state index is 12.6. The number of sulfonamides is 1. The van der Waals surface area contributed by atoms with Gasteiger partial charge in [0.15, 0.2) is 0 Å². The van der Waals surface area contributed by atoms with Crippen LogP contribution in [0.15, 0.2) is 26.3 Å². The van der Waals surface area contributed by atoms with Gasteiger partial charge in [-0.2, -0.15) is 4.31 Å². The quantitative estimate of drug-likeness (QED) is 0.852. The smallest absolute Gasteiger partial charge is 0.276 e. The number of aromatic nitrogens is 2. The Hall–Kier alpha value is -1.67. The SMILES string of the molecule is CC1CCN(S(=O)(=O)c2cc(-c3nnc(C4CC4)o3)co2)CC1. The lowest BCUT2D eigenvalue weighted by Gasteiger charge is -2.28. The molecule has 2 aromatic rings. The van der Waals surface area contributed by atoms with Gasteiger partial charge in [-0.3, -0.25) is 0 Å². The van der Waals surface area contributed by atoms with E-state index in [0.29, 0.717) is 42.3 Å². The van der Waals surface area contributed by atoms with E-state index in [1.165, 1.54) is 16.6 Å². The number of furan rings is 1. The third kappa shape index (κ3) is 2.81. The van der Waals surface area contributed by atoms with Crippen molar-refractivity contribution in [2.24, 2.45) is 5.92 Å². The largest absolute Gasteiger partial charge is 0.451 e. The predicted octanol–water partition coefficient (Wildman–Crippen LogP) is 2.63. The summed E-state index contributed by atoms with van der Waals surface area (Å²) in [5.41, 5.74) is 0.508. The first-order chi connectivity index (χ1) is 11.0. The highest BCUT2D eigenvalue weighted by Gasteiger charge is 2.32. The lowest BCUT2D eigenvalue weighted by atomic mass is 10.0. The molecule has 0 atom stereocenters. The first-order valence-corrected chi connectivity index (χ1v) is 9.40. The predicted molar refractivity (Wildman–Crippen MR) is 81.1 cm³/mol. The summed E-state index contributed by atoms with van der Waals surface area (Å²) in [6, 6.07) is 1.47. The standard InChI is InChI=1S/C15H19N3O4S/c1-10-4-6-18(7-5-10)23(19,20)13-8-12(9-21-13)15-17-16-14(22-15)11-2-3-11/h8-11H,2-7H2,1H3. The molecule has 2 aromatic heterocycles. The van der Waals surface area contributed by atoms with Crippen molar-refractivity contribution < 1.29 is 17.3 Å². The molecular weight excluding hydrogens is 318 g/mol. The lowest BCUT2D eigenvalue weighted by Crippen LogP contribution is -2.37. The molecule has 23 heavy (non-hydrogen) atoms. The fourth-order valence-electron chi connectivity index (χ4n) is 2.76. The molecular formula is C15H19N3O4S. The van der Waals surface area contributed by atoms with E-state index in [9.17, 15) is 8.42 Å². The molecule has 0 bridgehead atoms. The van der Waals surface area contributed by atoms with Gasteiger partial charge in [0, 0.05) is 25.1 Å². The molecule has 1 saturated heterocycles. The maximum atomic E-state index is 12.6. The van der Waals surface area contributed by atoms with Crippen LogP contribution in [-0.4, -0.2) is 36.0 Å². The number of rotatable bonds is 4. The molecule has 2 fully saturated rings. The highest BCUT2D eigenvalue weighted by Crippen LogP contribution is 2.40. The second-order valence-electron chi connectivity index (χ2n) is 6.46. The second-order valence-corrected chi connectivity index (χ2v) is 8.33. The zero-order valence-corrected chi connectivity index (χ0v) is 13.8. The average molecular weight is 337 g/mol. The van der Waals surface area contributed by atoms with Crippen molar-refractivity contribution in [3.05, 3.63) is 18.2 Å². The van der Waals surface area contributed by atoms with Gasteiger partial charge in [-0.25, -0.2) is 8.42 Å². The van der Waals surface area contributed by atoms with E-state index >= 15 is 0 Å². The molecule has 1 saturated carbocycles. The van der Waals surface area contributed by atoms with Gasteiger partial charge in [-0.1, -0.05) is 6.92 Å². The summed E-state index contributed by atoms with van der Waals surface area (Å²) < 4.78 is 37.6. The Balaban J connectivity index is 1.56. The molecule has 124 valence electrons. The molecule has 0 N–H and O–H groups in total. The van der Waals surface area contributed by atoms with Crippen molar-refractivity contribution in [3.8, 4) is 11.5 Å². The molecule has 0 spiro atoms. The summed E-state index contributed by atoms with van der Waals surface area (Å²) in [5.74, 6) is 1.86. The Morgan fingerprint density at radius 1 is 1.17 bits per heavy atom. The van der Waals surface area contributed by atoms with E-state index in [4.69, 9.17) is 8.83 Å². The van der Waals surface area contributed by atoms with Crippen LogP contribution in [0.25, 0.3) is 11.5 Å². The van der Waals surface area contributed by atoms with E-state index in [2.05, 4.69) is 17.1 Å². The van der Waals surface area contributed by atoms with Crippen LogP contribution < -0.4 is 0 Å². The highest BCUT2D eigenvalue weighted by atomic mass is 32.2. The Labute approximate surface area is 134 Å². The summed E-state index contributed by atoms with van der Waals surface area (Å²) in [7, 11) is -3.59. The van der Waals surface area contributed by atoms with Crippen molar-refractivity contribution in [3.63, 3.8) is 0 Å². The van der Waals surface area contributed by atoms with Crippen molar-refractivity contribution in [1.29, 1.82) is 0 Å². The fourth-order valence-corrected chi connectivity index (χ4v) is 4.15. The van der Waals surface area contributed by atoms with E-state index in [-0.39, 0.29) is 5.09 Å². The summed E-state index contributed by atoms with van der Waals surface area (Å²) in [4.78, 5) is 0. The molecule has 2 aliphatic rings. The average Bonchev–Trinajstić information content (AvgIpc) is 3.07. The van der Waals surface area contributed by atoms with Gasteiger partial charge in [-0.15, -0.1) is 10.2 Å². The summed E-state index contributed by atoms with van der Waals surface area (Å²) >= 11 is 0. The van der Waals surface area contributed by atoms with E-state index in [1.807, 2.05) is 0 Å². The second kappa shape index (κ2) is 5.45. The van der Waals surface area contributed by atoms with Crippen LogP contribution in [-0.2, 0) is 10.0 Å². The first kappa shape index (κ1) is 14.9. The third-order valence-corrected chi connectivity index (χ3v) is 6.29. The molecule has 1 aliphatic heterocycles. The summed E-state index contributed by atoms with van der Waals surface area (Å²) in [5, 5.41) is 7.92. The van der Waals surface area contributed by atoms with Crippen LogP contribution in [0.1, 0.15) is 44.4 Å². The lowest BCUT2D eigenvalue weighted by molar-refractivity contribution is 0.281. The maximum Gasteiger partial charge on any atom is 0.276 e. The minimum atomic E-state index is -3.59. The Bertz CT molecular complexity index is 798. The minimum Gasteiger partial charge on any atom is -0.451 e. The van der Waals surface area contributed by atoms with E-state index < -0.39 is 10.0 Å². The zero-order chi connectivity index (χ0) is 16.0. The van der Waals surface area contributed by atoms with Crippen molar-refractivity contribution in [1.82, 2.24) is 14.5 Å². The summed E-state index contributed by atoms with van der Waals surface area (Å²) in [6.45, 7) is 3.21. The van der Waals surface area contributed by atoms with Gasteiger partial charge in [0.05, 0.1) is 5.56 Å². The van der Waals surface area contributed by atoms with Crippen LogP contribution in [0.5, 0.6) is 0 Å². The Kier molecular flexibility index (Phi) is 3.53. The van der Waals surface area contributed by atoms with Gasteiger partial charge in [0.1, 0.15) is 6.26 Å². The van der Waals surface area contributed by atoms with Gasteiger partial charge in [0.2, 0.25) is 11.0 Å². The first-order valence-electron chi connectivity index (χ1n) is 7.96. The van der Waals surface area contributed by atoms with Crippen molar-refractivity contribution in [2.75, 3.05) is 13.1 Å². The normalized spacial score (nSPS) is 20.9. The number of hydrogen-bond acceptors (Lipinski definition) is 6. The fraction of sp³-hybridized carbons (Fsp3) is 0.600. The van der Waals surface area contributed by atoms with Crippen molar-refractivity contribution in [2.45, 2.75) is 43.6 Å². The molecule has 1 aliphatic carbocycles. The Morgan fingerprint density at radius 3 is 2.61 bits per heavy atom. The number of piperidine rings is 1. The van der Waals surface area contributed by atoms with Crippen LogP contribution in [0.4, 0.5) is 0 Å². The van der Waals surface area contributed by atoms with E-state index in [1.54, 1.807) is 0 Å². The number of hydrogen-bond donors (Lipinski definition) is 0. The molecule has 0 radical (unpaired) electrons. The zero-order valence-electron chi connectivity index (χ0n) is 12.9. The van der Waals surface area contributed by atoms with Crippen molar-refractivity contribution >= 4 is 10.0 Å². The number of nitrogens with zero attached hydrogens (tertiary/aromatic N) is 3. The minimum absolute atomic E-state index is 0.0618. The van der Waals surface area contributed by atoms with Gasteiger partial charge < -0.3 is 8.83 Å². The Morgan fingerprint density at radius 2 is 1.91 bits per heavy atom. The van der Waals surface area contributed by atoms with Crippen LogP contribution >= 0.6 is 0 Å². The monoisotopic (exact) mass is 337 g/mol. The molecule has 7 nitrogen and oxygen atoms in total. The molecule has 0 amide bonds. The molecule has 0 unspecified atom stereocenters. The van der Waals surface area contributed by atoms with Crippen LogP contribution in [0.3, 0.4) is 0 Å².